The monoisotopic (exact) mass is 269 g/mol. The summed E-state index contributed by atoms with van der Waals surface area (Å²) in [7, 11) is 1.21. The fourth-order valence-corrected chi connectivity index (χ4v) is 1.43. The highest BCUT2D eigenvalue weighted by atomic mass is 16.5. The number of carbonyl (C=O) groups is 3. The van der Waals surface area contributed by atoms with Crippen LogP contribution in [0, 0.1) is 6.92 Å². The van der Waals surface area contributed by atoms with Crippen LogP contribution in [0.2, 0.25) is 0 Å². The maximum Gasteiger partial charge on any atom is 0.326 e. The van der Waals surface area contributed by atoms with E-state index in [1.165, 1.54) is 19.4 Å². The average molecular weight is 269 g/mol. The van der Waals surface area contributed by atoms with Gasteiger partial charge >= 0.3 is 11.9 Å². The van der Waals surface area contributed by atoms with Crippen LogP contribution in [-0.4, -0.2) is 36.1 Å². The summed E-state index contributed by atoms with van der Waals surface area (Å²) in [6.45, 7) is 1.67. The van der Waals surface area contributed by atoms with E-state index in [2.05, 4.69) is 10.1 Å². The normalized spacial score (nSPS) is 11.7. The first-order chi connectivity index (χ1) is 8.93. The Kier molecular flexibility index (Phi) is 5.11. The summed E-state index contributed by atoms with van der Waals surface area (Å²) >= 11 is 0. The molecule has 1 rings (SSSR count). The molecule has 0 aliphatic rings. The Morgan fingerprint density at radius 2 is 2.16 bits per heavy atom. The average Bonchev–Trinajstić information content (AvgIpc) is 2.80. The van der Waals surface area contributed by atoms with Gasteiger partial charge in [0.25, 0.3) is 5.91 Å². The van der Waals surface area contributed by atoms with Crippen molar-refractivity contribution in [1.82, 2.24) is 5.32 Å². The van der Waals surface area contributed by atoms with Crippen molar-refractivity contribution in [2.24, 2.45) is 0 Å². The molecule has 7 heteroatoms. The third-order valence-electron chi connectivity index (χ3n) is 2.46. The van der Waals surface area contributed by atoms with Crippen LogP contribution in [0.4, 0.5) is 0 Å². The van der Waals surface area contributed by atoms with Crippen molar-refractivity contribution in [1.29, 1.82) is 0 Å². The van der Waals surface area contributed by atoms with Gasteiger partial charge in [0.15, 0.2) is 0 Å². The lowest BCUT2D eigenvalue weighted by Gasteiger charge is -2.12. The van der Waals surface area contributed by atoms with Crippen molar-refractivity contribution >= 4 is 17.8 Å². The molecule has 0 aromatic carbocycles. The van der Waals surface area contributed by atoms with Gasteiger partial charge in [0, 0.05) is 6.42 Å². The Labute approximate surface area is 109 Å². The van der Waals surface area contributed by atoms with E-state index in [-0.39, 0.29) is 18.4 Å². The minimum Gasteiger partial charge on any atom is -0.480 e. The topological polar surface area (TPSA) is 106 Å². The molecule has 0 spiro atoms. The predicted octanol–water partition coefficient (Wildman–Crippen LogP) is 0.724. The molecular weight excluding hydrogens is 254 g/mol. The quantitative estimate of drug-likeness (QED) is 0.737. The molecule has 0 aliphatic heterocycles. The summed E-state index contributed by atoms with van der Waals surface area (Å²) in [5.74, 6) is -1.75. The molecule has 104 valence electrons. The Morgan fingerprint density at radius 1 is 1.47 bits per heavy atom. The fraction of sp³-hybridized carbons (Fsp3) is 0.417. The SMILES string of the molecule is COC(=O)CCC(NC(=O)c1coc(C)c1)C(=O)O. The Balaban J connectivity index is 2.61. The number of esters is 1. The van der Waals surface area contributed by atoms with Gasteiger partial charge in [-0.1, -0.05) is 0 Å². The number of nitrogens with one attached hydrogen (secondary N) is 1. The molecule has 1 aromatic rings. The van der Waals surface area contributed by atoms with Crippen molar-refractivity contribution in [3.63, 3.8) is 0 Å². The van der Waals surface area contributed by atoms with Crippen LogP contribution in [-0.2, 0) is 14.3 Å². The summed E-state index contributed by atoms with van der Waals surface area (Å²) in [6.07, 6.45) is 1.12. The molecule has 0 aliphatic carbocycles. The summed E-state index contributed by atoms with van der Waals surface area (Å²) in [4.78, 5) is 33.7. The molecule has 0 fully saturated rings. The number of hydrogen-bond donors (Lipinski definition) is 2. The van der Waals surface area contributed by atoms with E-state index >= 15 is 0 Å². The van der Waals surface area contributed by atoms with Gasteiger partial charge in [0.1, 0.15) is 18.1 Å². The van der Waals surface area contributed by atoms with Gasteiger partial charge < -0.3 is 19.6 Å². The van der Waals surface area contributed by atoms with Crippen LogP contribution in [0.15, 0.2) is 16.7 Å². The van der Waals surface area contributed by atoms with E-state index < -0.39 is 23.9 Å². The predicted molar refractivity (Wildman–Crippen MR) is 63.6 cm³/mol. The molecule has 19 heavy (non-hydrogen) atoms. The second-order valence-electron chi connectivity index (χ2n) is 3.93. The van der Waals surface area contributed by atoms with Gasteiger partial charge in [-0.3, -0.25) is 9.59 Å². The highest BCUT2D eigenvalue weighted by Crippen LogP contribution is 2.07. The van der Waals surface area contributed by atoms with Gasteiger partial charge in [0.05, 0.1) is 12.7 Å². The minimum absolute atomic E-state index is 0.0371. The lowest BCUT2D eigenvalue weighted by Crippen LogP contribution is -2.41. The van der Waals surface area contributed by atoms with Crippen molar-refractivity contribution < 1.29 is 28.6 Å². The molecule has 1 unspecified atom stereocenters. The van der Waals surface area contributed by atoms with Gasteiger partial charge in [-0.05, 0) is 19.4 Å². The number of amides is 1. The second-order valence-corrected chi connectivity index (χ2v) is 3.93. The smallest absolute Gasteiger partial charge is 0.326 e. The molecule has 0 bridgehead atoms. The number of aliphatic carboxylic acids is 1. The number of methoxy groups -OCH3 is 1. The van der Waals surface area contributed by atoms with Crippen LogP contribution in [0.25, 0.3) is 0 Å². The summed E-state index contributed by atoms with van der Waals surface area (Å²) in [5, 5.41) is 11.3. The van der Waals surface area contributed by atoms with E-state index in [0.717, 1.165) is 0 Å². The Hall–Kier alpha value is -2.31. The molecule has 0 saturated carbocycles. The van der Waals surface area contributed by atoms with Crippen molar-refractivity contribution in [2.45, 2.75) is 25.8 Å². The number of furan rings is 1. The van der Waals surface area contributed by atoms with Gasteiger partial charge in [-0.25, -0.2) is 4.79 Å². The van der Waals surface area contributed by atoms with Crippen molar-refractivity contribution in [3.05, 3.63) is 23.7 Å². The largest absolute Gasteiger partial charge is 0.480 e. The zero-order valence-electron chi connectivity index (χ0n) is 10.6. The van der Waals surface area contributed by atoms with Crippen LogP contribution in [0.3, 0.4) is 0 Å². The zero-order valence-corrected chi connectivity index (χ0v) is 10.6. The van der Waals surface area contributed by atoms with E-state index in [9.17, 15) is 14.4 Å². The number of hydrogen-bond acceptors (Lipinski definition) is 5. The fourth-order valence-electron chi connectivity index (χ4n) is 1.43. The molecule has 1 aromatic heterocycles. The summed E-state index contributed by atoms with van der Waals surface area (Å²) < 4.78 is 9.37. The van der Waals surface area contributed by atoms with Crippen molar-refractivity contribution in [3.8, 4) is 0 Å². The lowest BCUT2D eigenvalue weighted by atomic mass is 10.1. The number of carboxylic acids is 1. The Bertz CT molecular complexity index is 478. The molecule has 0 saturated heterocycles. The molecule has 0 radical (unpaired) electrons. The molecule has 2 N–H and O–H groups in total. The van der Waals surface area contributed by atoms with E-state index in [1.54, 1.807) is 6.92 Å². The highest BCUT2D eigenvalue weighted by molar-refractivity contribution is 5.96. The van der Waals surface area contributed by atoms with Crippen LogP contribution < -0.4 is 5.32 Å². The third kappa shape index (κ3) is 4.46. The maximum absolute atomic E-state index is 11.7. The van der Waals surface area contributed by atoms with E-state index in [0.29, 0.717) is 5.76 Å². The highest BCUT2D eigenvalue weighted by Gasteiger charge is 2.22. The Morgan fingerprint density at radius 3 is 2.63 bits per heavy atom. The molecule has 1 atom stereocenters. The number of rotatable bonds is 6. The molecule has 1 heterocycles. The maximum atomic E-state index is 11.7. The second kappa shape index (κ2) is 6.58. The summed E-state index contributed by atoms with van der Waals surface area (Å²) in [6, 6.07) is 0.343. The van der Waals surface area contributed by atoms with Crippen LogP contribution in [0.5, 0.6) is 0 Å². The molecule has 1 amide bonds. The van der Waals surface area contributed by atoms with Crippen LogP contribution >= 0.6 is 0 Å². The van der Waals surface area contributed by atoms with E-state index in [1.807, 2.05) is 0 Å². The number of ether oxygens (including phenoxy) is 1. The van der Waals surface area contributed by atoms with Crippen molar-refractivity contribution in [2.75, 3.05) is 7.11 Å². The zero-order chi connectivity index (χ0) is 14.4. The van der Waals surface area contributed by atoms with Gasteiger partial charge in [0.2, 0.25) is 0 Å². The minimum atomic E-state index is -1.21. The number of aryl methyl sites for hydroxylation is 1. The third-order valence-corrected chi connectivity index (χ3v) is 2.46. The number of carboxylic acid groups (broad SMARTS) is 1. The van der Waals surface area contributed by atoms with Gasteiger partial charge in [-0.15, -0.1) is 0 Å². The molecule has 7 nitrogen and oxygen atoms in total. The summed E-state index contributed by atoms with van der Waals surface area (Å²) in [5.41, 5.74) is 0.238. The first-order valence-electron chi connectivity index (χ1n) is 5.59. The first kappa shape index (κ1) is 14.7. The standard InChI is InChI=1S/C12H15NO6/c1-7-5-8(6-19-7)11(15)13-9(12(16)17)3-4-10(14)18-2/h5-6,9H,3-4H2,1-2H3,(H,13,15)(H,16,17). The number of carbonyl (C=O) groups excluding carboxylic acids is 2. The van der Waals surface area contributed by atoms with Gasteiger partial charge in [-0.2, -0.15) is 0 Å². The van der Waals surface area contributed by atoms with Crippen LogP contribution in [0.1, 0.15) is 29.0 Å². The molecular formula is C12H15NO6. The first-order valence-corrected chi connectivity index (χ1v) is 5.59. The lowest BCUT2D eigenvalue weighted by molar-refractivity contribution is -0.142. The van der Waals surface area contributed by atoms with E-state index in [4.69, 9.17) is 9.52 Å².